The molecule has 3 aromatic rings. The van der Waals surface area contributed by atoms with E-state index in [4.69, 9.17) is 14.6 Å². The van der Waals surface area contributed by atoms with Gasteiger partial charge in [0.05, 0.1) is 18.7 Å². The average Bonchev–Trinajstić information content (AvgIpc) is 3.14. The quantitative estimate of drug-likeness (QED) is 0.554. The second kappa shape index (κ2) is 10.1. The summed E-state index contributed by atoms with van der Waals surface area (Å²) in [7, 11) is 3.97. The molecule has 4 rings (SSSR count). The highest BCUT2D eigenvalue weighted by molar-refractivity contribution is 5.99. The number of likely N-dealkylation sites (N-methyl/N-ethyl adjacent to an activating group) is 1. The number of nitrogens with zero attached hydrogens (tertiary/aromatic N) is 2. The van der Waals surface area contributed by atoms with Gasteiger partial charge in [0.25, 0.3) is 0 Å². The number of aromatic nitrogens is 1. The number of ether oxygens (including phenoxy) is 1. The Morgan fingerprint density at radius 2 is 1.88 bits per heavy atom. The molecule has 7 nitrogen and oxygen atoms in total. The minimum absolute atomic E-state index is 0.000249. The Labute approximate surface area is 192 Å². The summed E-state index contributed by atoms with van der Waals surface area (Å²) >= 11 is 0. The fourth-order valence-electron chi connectivity index (χ4n) is 3.60. The molecule has 0 radical (unpaired) electrons. The Morgan fingerprint density at radius 1 is 1.21 bits per heavy atom. The van der Waals surface area contributed by atoms with Gasteiger partial charge in [-0.1, -0.05) is 12.1 Å². The van der Waals surface area contributed by atoms with Crippen molar-refractivity contribution in [2.45, 2.75) is 18.7 Å². The number of aliphatic carboxylic acids is 1. The maximum Gasteiger partial charge on any atom is 0.490 e. The minimum atomic E-state index is -5.08. The standard InChI is InChI=1S/C21H22FN3O2.C2HF3O2/c1-24(2)12-16-13-25(19-5-3-4-6-20(19)27-16)21(26)9-14-11-23-18-10-15(22)7-8-17(14)18;3-2(4,5)1(6)7/h3-8,10-11,16,23H,9,12-13H2,1-2H3;(H,6,7). The van der Waals surface area contributed by atoms with E-state index in [0.717, 1.165) is 28.9 Å². The molecule has 2 heterocycles. The lowest BCUT2D eigenvalue weighted by Crippen LogP contribution is -2.47. The van der Waals surface area contributed by atoms with Crippen LogP contribution in [0.15, 0.2) is 48.7 Å². The number of alkyl halides is 3. The largest absolute Gasteiger partial charge is 0.490 e. The summed E-state index contributed by atoms with van der Waals surface area (Å²) in [6, 6.07) is 12.2. The molecule has 2 N–H and O–H groups in total. The lowest BCUT2D eigenvalue weighted by atomic mass is 10.1. The molecule has 1 aliphatic heterocycles. The summed E-state index contributed by atoms with van der Waals surface area (Å²) in [4.78, 5) is 28.9. The van der Waals surface area contributed by atoms with Crippen LogP contribution in [0.3, 0.4) is 0 Å². The Bertz CT molecular complexity index is 1180. The predicted molar refractivity (Wildman–Crippen MR) is 117 cm³/mol. The first-order valence-electron chi connectivity index (χ1n) is 10.2. The molecule has 1 amide bonds. The number of amides is 1. The maximum absolute atomic E-state index is 13.4. The molecule has 1 atom stereocenters. The Morgan fingerprint density at radius 3 is 2.53 bits per heavy atom. The first kappa shape index (κ1) is 25.0. The lowest BCUT2D eigenvalue weighted by Gasteiger charge is -2.36. The van der Waals surface area contributed by atoms with Gasteiger partial charge in [-0.15, -0.1) is 0 Å². The zero-order chi connectivity index (χ0) is 25.0. The third-order valence-electron chi connectivity index (χ3n) is 5.02. The first-order valence-corrected chi connectivity index (χ1v) is 10.2. The highest BCUT2D eigenvalue weighted by Crippen LogP contribution is 2.34. The van der Waals surface area contributed by atoms with Crippen LogP contribution in [0.25, 0.3) is 10.9 Å². The van der Waals surface area contributed by atoms with E-state index in [1.807, 2.05) is 38.4 Å². The number of anilines is 1. The predicted octanol–water partition coefficient (Wildman–Crippen LogP) is 3.84. The number of aromatic amines is 1. The Hall–Kier alpha value is -3.60. The number of carboxylic acids is 1. The summed E-state index contributed by atoms with van der Waals surface area (Å²) in [5.74, 6) is -2.33. The molecule has 11 heteroatoms. The van der Waals surface area contributed by atoms with Crippen LogP contribution in [0.4, 0.5) is 23.2 Å². The fourth-order valence-corrected chi connectivity index (χ4v) is 3.60. The smallest absolute Gasteiger partial charge is 0.485 e. The van der Waals surface area contributed by atoms with E-state index in [-0.39, 0.29) is 24.2 Å². The van der Waals surface area contributed by atoms with Gasteiger partial charge < -0.3 is 24.6 Å². The average molecular weight is 481 g/mol. The van der Waals surface area contributed by atoms with Gasteiger partial charge in [-0.05, 0) is 50.0 Å². The maximum atomic E-state index is 13.4. The first-order chi connectivity index (χ1) is 16.0. The van der Waals surface area contributed by atoms with E-state index in [9.17, 15) is 22.4 Å². The van der Waals surface area contributed by atoms with E-state index in [0.29, 0.717) is 12.1 Å². The number of carbonyl (C=O) groups is 2. The van der Waals surface area contributed by atoms with Crippen molar-refractivity contribution in [1.82, 2.24) is 9.88 Å². The molecule has 182 valence electrons. The van der Waals surface area contributed by atoms with Gasteiger partial charge in [0, 0.05) is 23.6 Å². The van der Waals surface area contributed by atoms with Crippen molar-refractivity contribution in [3.8, 4) is 5.75 Å². The van der Waals surface area contributed by atoms with Gasteiger partial charge in [0.1, 0.15) is 17.7 Å². The fraction of sp³-hybridized carbons (Fsp3) is 0.304. The summed E-state index contributed by atoms with van der Waals surface area (Å²) in [6.07, 6.45) is -3.14. The van der Waals surface area contributed by atoms with Crippen molar-refractivity contribution in [3.63, 3.8) is 0 Å². The number of benzene rings is 2. The van der Waals surface area contributed by atoms with Crippen LogP contribution >= 0.6 is 0 Å². The van der Waals surface area contributed by atoms with Crippen molar-refractivity contribution in [1.29, 1.82) is 0 Å². The van der Waals surface area contributed by atoms with Crippen molar-refractivity contribution >= 4 is 28.5 Å². The van der Waals surface area contributed by atoms with Crippen molar-refractivity contribution in [2.75, 3.05) is 32.1 Å². The second-order valence-corrected chi connectivity index (χ2v) is 7.96. The molecule has 34 heavy (non-hydrogen) atoms. The highest BCUT2D eigenvalue weighted by Gasteiger charge is 2.38. The molecule has 2 aromatic carbocycles. The zero-order valence-corrected chi connectivity index (χ0v) is 18.4. The van der Waals surface area contributed by atoms with Gasteiger partial charge >= 0.3 is 12.1 Å². The van der Waals surface area contributed by atoms with E-state index >= 15 is 0 Å². The van der Waals surface area contributed by atoms with Crippen LogP contribution in [0.5, 0.6) is 5.75 Å². The highest BCUT2D eigenvalue weighted by atomic mass is 19.4. The van der Waals surface area contributed by atoms with Crippen LogP contribution in [0.1, 0.15) is 5.56 Å². The summed E-state index contributed by atoms with van der Waals surface area (Å²) in [5.41, 5.74) is 2.36. The lowest BCUT2D eigenvalue weighted by molar-refractivity contribution is -0.192. The number of rotatable bonds is 4. The van der Waals surface area contributed by atoms with Gasteiger partial charge in [-0.2, -0.15) is 13.2 Å². The van der Waals surface area contributed by atoms with E-state index in [1.54, 1.807) is 17.2 Å². The number of hydrogen-bond donors (Lipinski definition) is 2. The Kier molecular flexibility index (Phi) is 7.45. The molecule has 0 saturated heterocycles. The third kappa shape index (κ3) is 6.04. The molecule has 0 aliphatic carbocycles. The SMILES string of the molecule is CN(C)CC1CN(C(=O)Cc2c[nH]c3cc(F)ccc23)c2ccccc2O1.O=C(O)C(F)(F)F. The normalized spacial score (nSPS) is 15.4. The van der Waals surface area contributed by atoms with Crippen LogP contribution in [-0.2, 0) is 16.0 Å². The molecule has 0 bridgehead atoms. The van der Waals surface area contributed by atoms with Crippen LogP contribution in [0.2, 0.25) is 0 Å². The summed E-state index contributed by atoms with van der Waals surface area (Å²) in [5, 5.41) is 8.00. The van der Waals surface area contributed by atoms with Gasteiger partial charge in [-0.3, -0.25) is 4.79 Å². The minimum Gasteiger partial charge on any atom is -0.485 e. The number of carbonyl (C=O) groups excluding carboxylic acids is 1. The molecular formula is C23H23F4N3O4. The van der Waals surface area contributed by atoms with Crippen LogP contribution < -0.4 is 9.64 Å². The number of fused-ring (bicyclic) bond motifs is 2. The van der Waals surface area contributed by atoms with Crippen molar-refractivity contribution < 1.29 is 37.0 Å². The second-order valence-electron chi connectivity index (χ2n) is 7.96. The molecule has 1 unspecified atom stereocenters. The number of halogens is 4. The van der Waals surface area contributed by atoms with Crippen molar-refractivity contribution in [2.24, 2.45) is 0 Å². The van der Waals surface area contributed by atoms with Gasteiger partial charge in [0.15, 0.2) is 0 Å². The molecule has 0 fully saturated rings. The topological polar surface area (TPSA) is 85.9 Å². The molecule has 1 aliphatic rings. The number of carboxylic acid groups (broad SMARTS) is 1. The molecule has 0 saturated carbocycles. The third-order valence-corrected chi connectivity index (χ3v) is 5.02. The number of para-hydroxylation sites is 2. The van der Waals surface area contributed by atoms with Crippen molar-refractivity contribution in [3.05, 3.63) is 60.0 Å². The molecule has 0 spiro atoms. The summed E-state index contributed by atoms with van der Waals surface area (Å²) < 4.78 is 51.2. The number of hydrogen-bond acceptors (Lipinski definition) is 4. The molecular weight excluding hydrogens is 458 g/mol. The van der Waals surface area contributed by atoms with E-state index < -0.39 is 12.1 Å². The number of H-pyrrole nitrogens is 1. The van der Waals surface area contributed by atoms with Crippen LogP contribution in [-0.4, -0.2) is 66.3 Å². The molecule has 1 aromatic heterocycles. The number of nitrogens with one attached hydrogen (secondary N) is 1. The van der Waals surface area contributed by atoms with Gasteiger partial charge in [0.2, 0.25) is 5.91 Å². The monoisotopic (exact) mass is 481 g/mol. The zero-order valence-electron chi connectivity index (χ0n) is 18.4. The van der Waals surface area contributed by atoms with Gasteiger partial charge in [-0.25, -0.2) is 9.18 Å². The van der Waals surface area contributed by atoms with E-state index in [2.05, 4.69) is 9.88 Å². The Balaban J connectivity index is 0.000000406. The van der Waals surface area contributed by atoms with Crippen LogP contribution in [0, 0.1) is 5.82 Å². The van der Waals surface area contributed by atoms with E-state index in [1.165, 1.54) is 12.1 Å². The summed E-state index contributed by atoms with van der Waals surface area (Å²) in [6.45, 7) is 1.23.